The van der Waals surface area contributed by atoms with Crippen molar-refractivity contribution in [2.45, 2.75) is 32.2 Å². The number of hydrogen-bond donors (Lipinski definition) is 3. The number of phenols is 1. The molecule has 2 aromatic carbocycles. The molecule has 0 fully saturated rings. The van der Waals surface area contributed by atoms with E-state index in [1.54, 1.807) is 24.4 Å². The predicted octanol–water partition coefficient (Wildman–Crippen LogP) is 1.79. The molecule has 9 nitrogen and oxygen atoms in total. The van der Waals surface area contributed by atoms with Crippen LogP contribution in [-0.4, -0.2) is 34.6 Å². The second-order valence-corrected chi connectivity index (χ2v) is 7.97. The summed E-state index contributed by atoms with van der Waals surface area (Å²) in [6.45, 7) is 1.57. The summed E-state index contributed by atoms with van der Waals surface area (Å²) in [5.41, 5.74) is 2.09. The fraction of sp³-hybridized carbons (Fsp3) is 0.240. The van der Waals surface area contributed by atoms with Crippen LogP contribution in [0.25, 0.3) is 21.9 Å². The number of carbonyl (C=O) groups excluding carboxylic acids is 2. The Morgan fingerprint density at radius 1 is 1.15 bits per heavy atom. The van der Waals surface area contributed by atoms with Gasteiger partial charge in [-0.1, -0.05) is 13.3 Å². The maximum Gasteiger partial charge on any atom is 0.336 e. The van der Waals surface area contributed by atoms with Crippen molar-refractivity contribution in [1.82, 2.24) is 10.3 Å². The lowest BCUT2D eigenvalue weighted by molar-refractivity contribution is -0.308. The second kappa shape index (κ2) is 9.70. The van der Waals surface area contributed by atoms with E-state index in [-0.39, 0.29) is 12.2 Å². The molecule has 0 spiro atoms. The zero-order chi connectivity index (χ0) is 24.2. The molecule has 0 aliphatic carbocycles. The first-order valence-electron chi connectivity index (χ1n) is 10.8. The van der Waals surface area contributed by atoms with Gasteiger partial charge in [0, 0.05) is 41.0 Å². The third-order valence-corrected chi connectivity index (χ3v) is 5.49. The lowest BCUT2D eigenvalue weighted by atomic mass is 10.0. The highest BCUT2D eigenvalue weighted by molar-refractivity contribution is 5.87. The minimum absolute atomic E-state index is 0.0428. The van der Waals surface area contributed by atoms with E-state index in [1.165, 1.54) is 24.3 Å². The number of aromatic hydroxyl groups is 1. The highest BCUT2D eigenvalue weighted by atomic mass is 16.5. The molecule has 34 heavy (non-hydrogen) atoms. The van der Waals surface area contributed by atoms with E-state index in [2.05, 4.69) is 10.3 Å². The van der Waals surface area contributed by atoms with Gasteiger partial charge in [0.15, 0.2) is 6.61 Å². The molecule has 0 bridgehead atoms. The van der Waals surface area contributed by atoms with E-state index in [9.17, 15) is 24.6 Å². The Bertz CT molecular complexity index is 1420. The van der Waals surface area contributed by atoms with E-state index in [4.69, 9.17) is 9.15 Å². The number of phenolic OH excluding ortho intramolecular Hbond substituents is 1. The van der Waals surface area contributed by atoms with Crippen LogP contribution in [0.5, 0.6) is 11.5 Å². The summed E-state index contributed by atoms with van der Waals surface area (Å²) in [7, 11) is 0. The molecule has 3 N–H and O–H groups in total. The summed E-state index contributed by atoms with van der Waals surface area (Å²) in [6, 6.07) is 9.81. The minimum Gasteiger partial charge on any atom is -0.548 e. The highest BCUT2D eigenvalue weighted by Gasteiger charge is 2.17. The van der Waals surface area contributed by atoms with Gasteiger partial charge < -0.3 is 34.5 Å². The first kappa shape index (κ1) is 22.9. The van der Waals surface area contributed by atoms with E-state index in [0.29, 0.717) is 22.3 Å². The summed E-state index contributed by atoms with van der Waals surface area (Å²) in [4.78, 5) is 38.8. The highest BCUT2D eigenvalue weighted by Crippen LogP contribution is 2.25. The number of aromatic nitrogens is 1. The smallest absolute Gasteiger partial charge is 0.336 e. The Kier molecular flexibility index (Phi) is 6.53. The van der Waals surface area contributed by atoms with Crippen molar-refractivity contribution < 1.29 is 29.0 Å². The molecule has 4 aromatic rings. The van der Waals surface area contributed by atoms with Gasteiger partial charge in [-0.15, -0.1) is 0 Å². The zero-order valence-electron chi connectivity index (χ0n) is 18.4. The number of aliphatic carboxylic acids is 1. The van der Waals surface area contributed by atoms with E-state index in [1.807, 2.05) is 6.92 Å². The molecule has 176 valence electrons. The monoisotopic (exact) mass is 463 g/mol. The van der Waals surface area contributed by atoms with Gasteiger partial charge in [-0.05, 0) is 47.9 Å². The number of benzene rings is 2. The molecule has 0 aliphatic rings. The topological polar surface area (TPSA) is 145 Å². The van der Waals surface area contributed by atoms with Gasteiger partial charge in [0.1, 0.15) is 17.1 Å². The first-order valence-corrected chi connectivity index (χ1v) is 10.8. The van der Waals surface area contributed by atoms with Crippen molar-refractivity contribution in [3.8, 4) is 11.5 Å². The number of hydrogen-bond acceptors (Lipinski definition) is 7. The molecule has 0 saturated heterocycles. The second-order valence-electron chi connectivity index (χ2n) is 7.97. The number of carboxylic acids is 1. The van der Waals surface area contributed by atoms with Crippen LogP contribution in [0.4, 0.5) is 0 Å². The van der Waals surface area contributed by atoms with Crippen LogP contribution in [-0.2, 0) is 22.4 Å². The number of aromatic amines is 1. The molecular formula is C25H23N2O7-. The molecule has 0 aliphatic heterocycles. The number of rotatable bonds is 9. The fourth-order valence-corrected chi connectivity index (χ4v) is 3.91. The standard InChI is InChI=1S/C25H24N2O7/c1-2-3-14-9-24(30)34-22-11-17(5-6-18(14)22)33-13-23(29)27-21(25(31)32)8-15-12-26-20-7-4-16(28)10-19(15)20/h4-7,9-12,21,26,28H,2-3,8,13H2,1H3,(H,27,29)(H,31,32)/p-1/t21-/m0/s1. The maximum atomic E-state index is 12.4. The SMILES string of the molecule is CCCc1cc(=O)oc2cc(OCC(=O)N[C@@H](Cc3c[nH]c4ccc(O)cc34)C(=O)[O-])ccc12. The number of carboxylic acid groups (broad SMARTS) is 1. The van der Waals surface area contributed by atoms with E-state index >= 15 is 0 Å². The van der Waals surface area contributed by atoms with Gasteiger partial charge in [0.2, 0.25) is 0 Å². The van der Waals surface area contributed by atoms with Gasteiger partial charge in [-0.2, -0.15) is 0 Å². The predicted molar refractivity (Wildman–Crippen MR) is 123 cm³/mol. The Hall–Kier alpha value is -4.27. The van der Waals surface area contributed by atoms with Crippen LogP contribution in [0.1, 0.15) is 24.5 Å². The Labute approximate surface area is 194 Å². The minimum atomic E-state index is -1.45. The maximum absolute atomic E-state index is 12.4. The van der Waals surface area contributed by atoms with Gasteiger partial charge in [-0.25, -0.2) is 4.79 Å². The van der Waals surface area contributed by atoms with Crippen molar-refractivity contribution in [3.63, 3.8) is 0 Å². The number of fused-ring (bicyclic) bond motifs is 2. The Morgan fingerprint density at radius 2 is 1.97 bits per heavy atom. The largest absolute Gasteiger partial charge is 0.548 e. The van der Waals surface area contributed by atoms with Crippen molar-refractivity contribution in [1.29, 1.82) is 0 Å². The normalized spacial score (nSPS) is 12.0. The van der Waals surface area contributed by atoms with Crippen LogP contribution in [0.2, 0.25) is 0 Å². The zero-order valence-corrected chi connectivity index (χ0v) is 18.4. The molecule has 0 unspecified atom stereocenters. The van der Waals surface area contributed by atoms with Crippen LogP contribution < -0.4 is 20.8 Å². The van der Waals surface area contributed by atoms with Crippen LogP contribution in [0, 0.1) is 0 Å². The lowest BCUT2D eigenvalue weighted by Gasteiger charge is -2.19. The number of H-pyrrole nitrogens is 1. The molecule has 1 atom stereocenters. The van der Waals surface area contributed by atoms with Crippen molar-refractivity contribution >= 4 is 33.7 Å². The molecular weight excluding hydrogens is 440 g/mol. The van der Waals surface area contributed by atoms with Gasteiger partial charge in [-0.3, -0.25) is 4.79 Å². The van der Waals surface area contributed by atoms with Crippen molar-refractivity contribution in [2.24, 2.45) is 0 Å². The summed E-state index contributed by atoms with van der Waals surface area (Å²) >= 11 is 0. The average molecular weight is 463 g/mol. The molecule has 4 rings (SSSR count). The number of amides is 1. The number of ether oxygens (including phenoxy) is 1. The number of aryl methyl sites for hydroxylation is 1. The fourth-order valence-electron chi connectivity index (χ4n) is 3.91. The molecule has 9 heteroatoms. The summed E-state index contributed by atoms with van der Waals surface area (Å²) in [5, 5.41) is 25.2. The summed E-state index contributed by atoms with van der Waals surface area (Å²) < 4.78 is 10.7. The van der Waals surface area contributed by atoms with Gasteiger partial charge in [0.25, 0.3) is 5.91 Å². The van der Waals surface area contributed by atoms with Gasteiger partial charge >= 0.3 is 5.63 Å². The molecule has 2 aromatic heterocycles. The molecule has 0 radical (unpaired) electrons. The Morgan fingerprint density at radius 3 is 2.74 bits per heavy atom. The van der Waals surface area contributed by atoms with Crippen molar-refractivity contribution in [2.75, 3.05) is 6.61 Å². The third kappa shape index (κ3) is 5.03. The average Bonchev–Trinajstić information content (AvgIpc) is 3.18. The van der Waals surface area contributed by atoms with Crippen LogP contribution >= 0.6 is 0 Å². The lowest BCUT2D eigenvalue weighted by Crippen LogP contribution is -2.50. The molecule has 0 saturated carbocycles. The summed E-state index contributed by atoms with van der Waals surface area (Å²) in [6.07, 6.45) is 3.18. The first-order chi connectivity index (χ1) is 16.3. The third-order valence-electron chi connectivity index (χ3n) is 5.49. The Balaban J connectivity index is 1.43. The van der Waals surface area contributed by atoms with E-state index < -0.39 is 30.2 Å². The van der Waals surface area contributed by atoms with Crippen molar-refractivity contribution in [3.05, 3.63) is 70.2 Å². The van der Waals surface area contributed by atoms with Gasteiger partial charge in [0.05, 0.1) is 12.0 Å². The van der Waals surface area contributed by atoms with Crippen LogP contribution in [0.3, 0.4) is 0 Å². The molecule has 2 heterocycles. The molecule has 1 amide bonds. The summed E-state index contributed by atoms with van der Waals surface area (Å²) in [5.74, 6) is -1.75. The van der Waals surface area contributed by atoms with Crippen LogP contribution in [0.15, 0.2) is 57.9 Å². The number of nitrogens with one attached hydrogen (secondary N) is 2. The number of carbonyl (C=O) groups is 2. The quantitative estimate of drug-likeness (QED) is 0.321. The van der Waals surface area contributed by atoms with E-state index in [0.717, 1.165) is 29.3 Å².